The van der Waals surface area contributed by atoms with Gasteiger partial charge in [0, 0.05) is 11.6 Å². The molecule has 9 nitrogen and oxygen atoms in total. The summed E-state index contributed by atoms with van der Waals surface area (Å²) in [5.74, 6) is 0.0297. The van der Waals surface area contributed by atoms with Crippen LogP contribution < -0.4 is 14.2 Å². The third-order valence-electron chi connectivity index (χ3n) is 3.75. The molecule has 3 rings (SSSR count). The fourth-order valence-corrected chi connectivity index (χ4v) is 3.96. The predicted molar refractivity (Wildman–Crippen MR) is 103 cm³/mol. The van der Waals surface area contributed by atoms with E-state index in [0.29, 0.717) is 11.5 Å². The van der Waals surface area contributed by atoms with Crippen molar-refractivity contribution in [1.29, 1.82) is 0 Å². The van der Waals surface area contributed by atoms with Crippen LogP contribution in [0.2, 0.25) is 0 Å². The zero-order valence-electron chi connectivity index (χ0n) is 15.9. The maximum Gasteiger partial charge on any atom is 0.343 e. The van der Waals surface area contributed by atoms with Crippen molar-refractivity contribution in [1.82, 2.24) is 14.9 Å². The molecule has 29 heavy (non-hydrogen) atoms. The molecule has 0 radical (unpaired) electrons. The van der Waals surface area contributed by atoms with Gasteiger partial charge in [0.25, 0.3) is 0 Å². The summed E-state index contributed by atoms with van der Waals surface area (Å²) < 4.78 is 43.1. The van der Waals surface area contributed by atoms with Crippen molar-refractivity contribution < 1.29 is 27.1 Å². The summed E-state index contributed by atoms with van der Waals surface area (Å²) in [6.07, 6.45) is 1.22. The van der Waals surface area contributed by atoms with E-state index in [1.807, 2.05) is 0 Å². The average molecular weight is 417 g/mol. The molecule has 0 saturated carbocycles. The van der Waals surface area contributed by atoms with Gasteiger partial charge in [-0.3, -0.25) is 0 Å². The van der Waals surface area contributed by atoms with E-state index in [-0.39, 0.29) is 28.0 Å². The maximum atomic E-state index is 12.5. The second-order valence-corrected chi connectivity index (χ2v) is 7.98. The van der Waals surface area contributed by atoms with Gasteiger partial charge in [-0.25, -0.2) is 17.9 Å². The van der Waals surface area contributed by atoms with E-state index in [1.165, 1.54) is 31.7 Å². The largest absolute Gasteiger partial charge is 0.495 e. The Labute approximate surface area is 167 Å². The van der Waals surface area contributed by atoms with Crippen LogP contribution in [0.3, 0.4) is 0 Å². The minimum atomic E-state index is -3.87. The van der Waals surface area contributed by atoms with Gasteiger partial charge in [-0.2, -0.15) is 0 Å². The van der Waals surface area contributed by atoms with Gasteiger partial charge < -0.3 is 13.9 Å². The van der Waals surface area contributed by atoms with Crippen molar-refractivity contribution in [2.75, 3.05) is 7.11 Å². The lowest BCUT2D eigenvalue weighted by Crippen LogP contribution is -2.30. The molecule has 0 amide bonds. The summed E-state index contributed by atoms with van der Waals surface area (Å²) in [7, 11) is -2.51. The van der Waals surface area contributed by atoms with Gasteiger partial charge >= 0.3 is 5.97 Å². The van der Waals surface area contributed by atoms with Crippen molar-refractivity contribution in [2.24, 2.45) is 0 Å². The average Bonchev–Trinajstić information content (AvgIpc) is 3.22. The van der Waals surface area contributed by atoms with Crippen LogP contribution in [0.1, 0.15) is 24.2 Å². The van der Waals surface area contributed by atoms with Crippen LogP contribution >= 0.6 is 0 Å². The molecule has 0 aliphatic heterocycles. The Balaban J connectivity index is 1.83. The lowest BCUT2D eigenvalue weighted by Gasteiger charge is -2.14. The van der Waals surface area contributed by atoms with Gasteiger partial charge in [0.2, 0.25) is 22.3 Å². The van der Waals surface area contributed by atoms with Gasteiger partial charge in [-0.15, -0.1) is 10.2 Å². The number of rotatable bonds is 7. The first kappa shape index (κ1) is 20.5. The topological polar surface area (TPSA) is 121 Å². The van der Waals surface area contributed by atoms with Crippen LogP contribution in [0.15, 0.2) is 58.2 Å². The molecule has 0 saturated heterocycles. The highest BCUT2D eigenvalue weighted by Gasteiger charge is 2.23. The molecule has 0 aliphatic rings. The number of esters is 1. The van der Waals surface area contributed by atoms with Crippen LogP contribution in [0.4, 0.5) is 0 Å². The highest BCUT2D eigenvalue weighted by molar-refractivity contribution is 7.89. The molecule has 0 fully saturated rings. The molecule has 152 valence electrons. The minimum absolute atomic E-state index is 0.0657. The second kappa shape index (κ2) is 8.41. The number of benzene rings is 2. The first-order valence-corrected chi connectivity index (χ1v) is 10.1. The lowest BCUT2D eigenvalue weighted by atomic mass is 10.2. The lowest BCUT2D eigenvalue weighted by molar-refractivity contribution is 0.0734. The van der Waals surface area contributed by atoms with Crippen LogP contribution in [0.25, 0.3) is 11.5 Å². The molecule has 1 N–H and O–H groups in total. The Kier molecular flexibility index (Phi) is 5.95. The molecule has 0 spiro atoms. The summed E-state index contributed by atoms with van der Waals surface area (Å²) in [6.45, 7) is 3.39. The number of ether oxygens (including phenoxy) is 2. The number of hydrogen-bond acceptors (Lipinski definition) is 8. The number of nitrogens with one attached hydrogen (secondary N) is 1. The summed E-state index contributed by atoms with van der Waals surface area (Å²) in [4.78, 5) is 12.4. The number of nitrogens with zero attached hydrogens (tertiary/aromatic N) is 2. The van der Waals surface area contributed by atoms with Crippen LogP contribution in [0, 0.1) is 0 Å². The normalized spacial score (nSPS) is 11.4. The molecule has 1 heterocycles. The van der Waals surface area contributed by atoms with Crippen molar-refractivity contribution in [3.8, 4) is 23.0 Å². The summed E-state index contributed by atoms with van der Waals surface area (Å²) in [5, 5.41) is 7.40. The molecule has 3 aromatic rings. The van der Waals surface area contributed by atoms with Crippen molar-refractivity contribution in [2.45, 2.75) is 24.8 Å². The van der Waals surface area contributed by atoms with Crippen LogP contribution in [-0.2, 0) is 10.0 Å². The molecule has 0 bridgehead atoms. The highest BCUT2D eigenvalue weighted by Crippen LogP contribution is 2.26. The molecule has 0 aliphatic carbocycles. The minimum Gasteiger partial charge on any atom is -0.495 e. The second-order valence-electron chi connectivity index (χ2n) is 6.30. The zero-order chi connectivity index (χ0) is 21.0. The quantitative estimate of drug-likeness (QED) is 0.460. The van der Waals surface area contributed by atoms with Crippen LogP contribution in [-0.4, -0.2) is 37.7 Å². The molecule has 0 atom stereocenters. The first-order valence-electron chi connectivity index (χ1n) is 8.59. The van der Waals surface area contributed by atoms with E-state index in [9.17, 15) is 13.2 Å². The first-order chi connectivity index (χ1) is 13.8. The highest BCUT2D eigenvalue weighted by atomic mass is 32.2. The number of aromatic nitrogens is 2. The van der Waals surface area contributed by atoms with Gasteiger partial charge in [-0.05, 0) is 56.3 Å². The smallest absolute Gasteiger partial charge is 0.343 e. The molecular formula is C19H19N3O6S. The van der Waals surface area contributed by atoms with E-state index < -0.39 is 16.0 Å². The Bertz CT molecular complexity index is 1090. The monoisotopic (exact) mass is 417 g/mol. The van der Waals surface area contributed by atoms with E-state index in [2.05, 4.69) is 14.9 Å². The third kappa shape index (κ3) is 4.79. The Morgan fingerprint density at radius 3 is 2.45 bits per heavy atom. The standard InChI is InChI=1S/C19H19N3O6S/c1-12(2)22-29(24,25)17-10-14(6-9-16(17)26-3)19(23)28-15-7-4-13(5-8-15)18-21-20-11-27-18/h4-12,22H,1-3H3. The fraction of sp³-hybridized carbons (Fsp3) is 0.211. The fourth-order valence-electron chi connectivity index (χ4n) is 2.52. The van der Waals surface area contributed by atoms with E-state index in [0.717, 1.165) is 0 Å². The molecule has 1 aromatic heterocycles. The van der Waals surface area contributed by atoms with Gasteiger partial charge in [-0.1, -0.05) is 0 Å². The number of carbonyl (C=O) groups excluding carboxylic acids is 1. The number of carbonyl (C=O) groups is 1. The zero-order valence-corrected chi connectivity index (χ0v) is 16.8. The van der Waals surface area contributed by atoms with Gasteiger partial charge in [0.1, 0.15) is 16.4 Å². The predicted octanol–water partition coefficient (Wildman–Crippen LogP) is 2.65. The molecular weight excluding hydrogens is 398 g/mol. The van der Waals surface area contributed by atoms with Gasteiger partial charge in [0.15, 0.2) is 0 Å². The van der Waals surface area contributed by atoms with Crippen molar-refractivity contribution >= 4 is 16.0 Å². The SMILES string of the molecule is COc1ccc(C(=O)Oc2ccc(-c3nnco3)cc2)cc1S(=O)(=O)NC(C)C. The van der Waals surface area contributed by atoms with Crippen molar-refractivity contribution in [3.05, 3.63) is 54.4 Å². The third-order valence-corrected chi connectivity index (χ3v) is 5.43. The number of methoxy groups -OCH3 is 1. The maximum absolute atomic E-state index is 12.5. The van der Waals surface area contributed by atoms with Crippen LogP contribution in [0.5, 0.6) is 11.5 Å². The summed E-state index contributed by atoms with van der Waals surface area (Å²) >= 11 is 0. The molecule has 10 heteroatoms. The molecule has 0 unspecified atom stereocenters. The van der Waals surface area contributed by atoms with Gasteiger partial charge in [0.05, 0.1) is 12.7 Å². The Hall–Kier alpha value is -3.24. The Morgan fingerprint density at radius 1 is 1.14 bits per heavy atom. The summed E-state index contributed by atoms with van der Waals surface area (Å²) in [5.41, 5.74) is 0.732. The summed E-state index contributed by atoms with van der Waals surface area (Å²) in [6, 6.07) is 10.2. The molecule has 2 aromatic carbocycles. The van der Waals surface area contributed by atoms with Crippen molar-refractivity contribution in [3.63, 3.8) is 0 Å². The number of sulfonamides is 1. The Morgan fingerprint density at radius 2 is 1.86 bits per heavy atom. The number of hydrogen-bond donors (Lipinski definition) is 1. The van der Waals surface area contributed by atoms with E-state index >= 15 is 0 Å². The van der Waals surface area contributed by atoms with E-state index in [1.54, 1.807) is 38.1 Å². The van der Waals surface area contributed by atoms with E-state index in [4.69, 9.17) is 13.9 Å².